The van der Waals surface area contributed by atoms with Gasteiger partial charge in [0.25, 0.3) is 6.71 Å². The van der Waals surface area contributed by atoms with Crippen LogP contribution in [0, 0.1) is 34.0 Å². The van der Waals surface area contributed by atoms with E-state index in [4.69, 9.17) is 4.74 Å². The van der Waals surface area contributed by atoms with Gasteiger partial charge in [-0.15, -0.1) is 0 Å². The number of ether oxygens (including phenoxy) is 1. The smallest absolute Gasteiger partial charge is 0.261 e. The summed E-state index contributed by atoms with van der Waals surface area (Å²) in [7, 11) is 0. The molecule has 6 nitrogen and oxygen atoms in total. The van der Waals surface area contributed by atoms with Gasteiger partial charge in [0.05, 0.1) is 34.9 Å². The first-order valence-electron chi connectivity index (χ1n) is 12.8. The van der Waals surface area contributed by atoms with Crippen LogP contribution in [0.1, 0.15) is 16.7 Å². The van der Waals surface area contributed by atoms with Crippen LogP contribution in [0.2, 0.25) is 0 Å². The molecule has 3 aliphatic heterocycles. The molecule has 0 fully saturated rings. The summed E-state index contributed by atoms with van der Waals surface area (Å²) in [4.78, 5) is 4.25. The highest BCUT2D eigenvalue weighted by molar-refractivity contribution is 7.01. The van der Waals surface area contributed by atoms with Gasteiger partial charge in [-0.3, -0.25) is 0 Å². The SMILES string of the molecule is N#Cc1cc2c3c(c1)N(c1ccccc1)c1cc(C#N)cc4c1B3c1c(cc(C#N)cc1N4c1ccccc1)O2. The van der Waals surface area contributed by atoms with Gasteiger partial charge < -0.3 is 14.5 Å². The maximum Gasteiger partial charge on any atom is 0.261 e. The van der Waals surface area contributed by atoms with E-state index in [0.717, 1.165) is 50.5 Å². The van der Waals surface area contributed by atoms with Gasteiger partial charge in [0.2, 0.25) is 0 Å². The van der Waals surface area contributed by atoms with E-state index < -0.39 is 0 Å². The lowest BCUT2D eigenvalue weighted by molar-refractivity contribution is 0.487. The second-order valence-electron chi connectivity index (χ2n) is 9.95. The number of benzene rings is 5. The molecular weight excluding hydrogens is 493 g/mol. The molecule has 40 heavy (non-hydrogen) atoms. The Hall–Kier alpha value is -5.97. The fourth-order valence-electron chi connectivity index (χ4n) is 6.35. The second kappa shape index (κ2) is 8.02. The number of para-hydroxylation sites is 2. The van der Waals surface area contributed by atoms with Crippen LogP contribution in [0.5, 0.6) is 11.5 Å². The summed E-state index contributed by atoms with van der Waals surface area (Å²) in [6.45, 7) is -0.207. The molecule has 5 aromatic carbocycles. The number of anilines is 6. The Bertz CT molecular complexity index is 1900. The van der Waals surface area contributed by atoms with Crippen molar-refractivity contribution in [2.24, 2.45) is 0 Å². The average molecular weight is 509 g/mol. The van der Waals surface area contributed by atoms with Crippen LogP contribution in [0.25, 0.3) is 0 Å². The van der Waals surface area contributed by atoms with Crippen molar-refractivity contribution in [3.8, 4) is 29.7 Å². The Morgan fingerprint density at radius 2 is 0.875 bits per heavy atom. The maximum absolute atomic E-state index is 10.2. The van der Waals surface area contributed by atoms with E-state index >= 15 is 0 Å². The molecule has 8 rings (SSSR count). The van der Waals surface area contributed by atoms with Crippen molar-refractivity contribution in [2.45, 2.75) is 0 Å². The third-order valence-corrected chi connectivity index (χ3v) is 7.84. The van der Waals surface area contributed by atoms with Gasteiger partial charge in [0, 0.05) is 34.1 Å². The molecule has 3 aliphatic rings. The minimum atomic E-state index is -0.207. The average Bonchev–Trinajstić information content (AvgIpc) is 3.01. The number of hydrogen-bond donors (Lipinski definition) is 0. The standard InChI is InChI=1S/C33H16BN5O/c35-17-20-11-25-31-26(12-20)39(24-9-5-2-6-10-24)28-14-22(19-37)16-30-33(28)34(31)32-27(13-21(18-36)15-29(32)40-30)38(25)23-7-3-1-4-8-23/h1-16H. The van der Waals surface area contributed by atoms with Crippen LogP contribution >= 0.6 is 0 Å². The number of hydrogen-bond acceptors (Lipinski definition) is 6. The second-order valence-corrected chi connectivity index (χ2v) is 9.95. The summed E-state index contributed by atoms with van der Waals surface area (Å²) in [6, 6.07) is 38.1. The topological polar surface area (TPSA) is 87.1 Å². The molecule has 0 aromatic heterocycles. The monoisotopic (exact) mass is 509 g/mol. The summed E-state index contributed by atoms with van der Waals surface area (Å²) < 4.78 is 6.54. The van der Waals surface area contributed by atoms with Crippen molar-refractivity contribution in [1.29, 1.82) is 15.8 Å². The largest absolute Gasteiger partial charge is 0.458 e. The summed E-state index contributed by atoms with van der Waals surface area (Å²) in [5.41, 5.74) is 9.70. The van der Waals surface area contributed by atoms with Crippen molar-refractivity contribution in [3.63, 3.8) is 0 Å². The van der Waals surface area contributed by atoms with Crippen LogP contribution in [-0.4, -0.2) is 6.71 Å². The third kappa shape index (κ3) is 2.85. The zero-order valence-corrected chi connectivity index (χ0v) is 21.0. The van der Waals surface area contributed by atoms with Crippen LogP contribution in [0.15, 0.2) is 97.1 Å². The first-order valence-corrected chi connectivity index (χ1v) is 12.8. The van der Waals surface area contributed by atoms with Crippen LogP contribution in [0.4, 0.5) is 34.1 Å². The molecule has 182 valence electrons. The molecule has 0 saturated carbocycles. The van der Waals surface area contributed by atoms with Gasteiger partial charge in [0.1, 0.15) is 11.5 Å². The predicted molar refractivity (Wildman–Crippen MR) is 155 cm³/mol. The van der Waals surface area contributed by atoms with E-state index in [1.165, 1.54) is 0 Å². The van der Waals surface area contributed by atoms with Gasteiger partial charge in [0.15, 0.2) is 0 Å². The molecule has 7 heteroatoms. The Kier molecular flexibility index (Phi) is 4.42. The molecule has 0 spiro atoms. The van der Waals surface area contributed by atoms with Crippen molar-refractivity contribution in [3.05, 3.63) is 114 Å². The van der Waals surface area contributed by atoms with Crippen LogP contribution in [-0.2, 0) is 0 Å². The summed E-state index contributed by atoms with van der Waals surface area (Å²) in [5, 5.41) is 30.1. The van der Waals surface area contributed by atoms with Gasteiger partial charge in [-0.2, -0.15) is 15.8 Å². The molecule has 0 bridgehead atoms. The quantitative estimate of drug-likeness (QED) is 0.287. The fourth-order valence-corrected chi connectivity index (χ4v) is 6.35. The summed E-state index contributed by atoms with van der Waals surface area (Å²) in [6.07, 6.45) is 0. The Morgan fingerprint density at radius 1 is 0.500 bits per heavy atom. The normalized spacial score (nSPS) is 13.0. The Labute approximate surface area is 230 Å². The molecule has 0 aliphatic carbocycles. The molecule has 5 aromatic rings. The van der Waals surface area contributed by atoms with Crippen molar-refractivity contribution in [2.75, 3.05) is 9.80 Å². The van der Waals surface area contributed by atoms with Crippen LogP contribution < -0.4 is 30.9 Å². The number of nitriles is 3. The van der Waals surface area contributed by atoms with Gasteiger partial charge in [-0.25, -0.2) is 0 Å². The highest BCUT2D eigenvalue weighted by atomic mass is 16.5. The van der Waals surface area contributed by atoms with E-state index in [2.05, 4.69) is 28.0 Å². The first kappa shape index (κ1) is 22.1. The molecule has 0 radical (unpaired) electrons. The van der Waals surface area contributed by atoms with Crippen molar-refractivity contribution >= 4 is 57.2 Å². The molecule has 0 unspecified atom stereocenters. The van der Waals surface area contributed by atoms with E-state index in [0.29, 0.717) is 28.2 Å². The third-order valence-electron chi connectivity index (χ3n) is 7.84. The van der Waals surface area contributed by atoms with E-state index in [1.54, 1.807) is 12.1 Å². The van der Waals surface area contributed by atoms with Gasteiger partial charge >= 0.3 is 0 Å². The van der Waals surface area contributed by atoms with Gasteiger partial charge in [-0.1, -0.05) is 36.4 Å². The molecule has 0 saturated heterocycles. The van der Waals surface area contributed by atoms with Gasteiger partial charge in [-0.05, 0) is 77.1 Å². The summed E-state index contributed by atoms with van der Waals surface area (Å²) in [5.74, 6) is 1.20. The first-order chi connectivity index (χ1) is 19.7. The number of nitrogens with zero attached hydrogens (tertiary/aromatic N) is 5. The highest BCUT2D eigenvalue weighted by Crippen LogP contribution is 2.48. The number of rotatable bonds is 2. The molecular formula is C33H16BN5O. The Morgan fingerprint density at radius 3 is 1.27 bits per heavy atom. The highest BCUT2D eigenvalue weighted by Gasteiger charge is 2.49. The fraction of sp³-hybridized carbons (Fsp3) is 0. The van der Waals surface area contributed by atoms with E-state index in [1.807, 2.05) is 84.9 Å². The zero-order chi connectivity index (χ0) is 27.0. The minimum absolute atomic E-state index is 0.207. The Balaban J connectivity index is 1.56. The molecule has 0 N–H and O–H groups in total. The van der Waals surface area contributed by atoms with E-state index in [9.17, 15) is 15.8 Å². The predicted octanol–water partition coefficient (Wildman–Crippen LogP) is 5.49. The lowest BCUT2D eigenvalue weighted by Gasteiger charge is -2.46. The zero-order valence-electron chi connectivity index (χ0n) is 21.0. The lowest BCUT2D eigenvalue weighted by atomic mass is 9.32. The maximum atomic E-state index is 10.2. The lowest BCUT2D eigenvalue weighted by Crippen LogP contribution is -2.63. The minimum Gasteiger partial charge on any atom is -0.458 e. The van der Waals surface area contributed by atoms with Crippen molar-refractivity contribution in [1.82, 2.24) is 0 Å². The van der Waals surface area contributed by atoms with Crippen LogP contribution in [0.3, 0.4) is 0 Å². The molecule has 3 heterocycles. The van der Waals surface area contributed by atoms with E-state index in [-0.39, 0.29) is 6.71 Å². The molecule has 0 amide bonds. The van der Waals surface area contributed by atoms with Crippen molar-refractivity contribution < 1.29 is 4.74 Å². The summed E-state index contributed by atoms with van der Waals surface area (Å²) >= 11 is 0. The molecule has 0 atom stereocenters.